The monoisotopic (exact) mass is 375 g/mol. The lowest BCUT2D eigenvalue weighted by Crippen LogP contribution is -2.29. The van der Waals surface area contributed by atoms with E-state index in [2.05, 4.69) is 4.98 Å². The number of hydrogen-bond acceptors (Lipinski definition) is 3. The Morgan fingerprint density at radius 1 is 1.36 bits per heavy atom. The SMILES string of the molecule is C/C=C(/C(=O)C1COc2ccc(Cl)cc2C1)c1cnc(Cl)cc1CC. The van der Waals surface area contributed by atoms with Gasteiger partial charge in [-0.05, 0) is 55.2 Å². The topological polar surface area (TPSA) is 39.2 Å². The normalized spacial score (nSPS) is 17.0. The predicted octanol–water partition coefficient (Wildman–Crippen LogP) is 5.17. The van der Waals surface area contributed by atoms with Gasteiger partial charge in [-0.3, -0.25) is 4.79 Å². The summed E-state index contributed by atoms with van der Waals surface area (Å²) in [6.07, 6.45) is 4.93. The van der Waals surface area contributed by atoms with Crippen LogP contribution in [0.4, 0.5) is 0 Å². The number of Topliss-reactive ketones (excluding diaryl/α,β-unsaturated/α-hetero) is 1. The van der Waals surface area contributed by atoms with Crippen molar-refractivity contribution in [3.05, 3.63) is 63.4 Å². The molecule has 2 aromatic rings. The molecule has 25 heavy (non-hydrogen) atoms. The molecule has 0 amide bonds. The molecule has 2 heterocycles. The molecule has 1 aromatic carbocycles. The van der Waals surface area contributed by atoms with Crippen molar-refractivity contribution in [3.8, 4) is 5.75 Å². The molecule has 0 bridgehead atoms. The lowest BCUT2D eigenvalue weighted by atomic mass is 9.86. The number of rotatable bonds is 4. The average Bonchev–Trinajstić information content (AvgIpc) is 2.62. The summed E-state index contributed by atoms with van der Waals surface area (Å²) in [6, 6.07) is 7.34. The van der Waals surface area contributed by atoms with Gasteiger partial charge in [0, 0.05) is 22.4 Å². The van der Waals surface area contributed by atoms with Crippen LogP contribution >= 0.6 is 23.2 Å². The van der Waals surface area contributed by atoms with Gasteiger partial charge in [-0.2, -0.15) is 0 Å². The molecule has 1 atom stereocenters. The Morgan fingerprint density at radius 3 is 2.88 bits per heavy atom. The number of ketones is 1. The van der Waals surface area contributed by atoms with Crippen LogP contribution in [0.5, 0.6) is 5.75 Å². The molecule has 0 radical (unpaired) electrons. The van der Waals surface area contributed by atoms with Crippen LogP contribution in [0.3, 0.4) is 0 Å². The van der Waals surface area contributed by atoms with Gasteiger partial charge in [0.1, 0.15) is 10.9 Å². The molecule has 5 heteroatoms. The number of aromatic nitrogens is 1. The molecular weight excluding hydrogens is 357 g/mol. The fourth-order valence-electron chi connectivity index (χ4n) is 3.18. The van der Waals surface area contributed by atoms with Crippen molar-refractivity contribution < 1.29 is 9.53 Å². The summed E-state index contributed by atoms with van der Waals surface area (Å²) in [7, 11) is 0. The molecule has 0 saturated carbocycles. The molecular formula is C20H19Cl2NO2. The minimum absolute atomic E-state index is 0.0620. The fraction of sp³-hybridized carbons (Fsp3) is 0.300. The van der Waals surface area contributed by atoms with E-state index in [1.54, 1.807) is 12.3 Å². The number of ether oxygens (including phenoxy) is 1. The lowest BCUT2D eigenvalue weighted by molar-refractivity contribution is -0.118. The van der Waals surface area contributed by atoms with E-state index in [9.17, 15) is 4.79 Å². The third-order valence-electron chi connectivity index (χ3n) is 4.48. The number of fused-ring (bicyclic) bond motifs is 1. The van der Waals surface area contributed by atoms with Crippen LogP contribution in [0.2, 0.25) is 10.2 Å². The average molecular weight is 376 g/mol. The Balaban J connectivity index is 1.89. The predicted molar refractivity (Wildman–Crippen MR) is 101 cm³/mol. The summed E-state index contributed by atoms with van der Waals surface area (Å²) >= 11 is 12.1. The Kier molecular flexibility index (Phi) is 5.45. The zero-order valence-corrected chi connectivity index (χ0v) is 15.7. The van der Waals surface area contributed by atoms with E-state index >= 15 is 0 Å². The molecule has 1 aliphatic rings. The standard InChI is InChI=1S/C20H19Cl2NO2/c1-3-12-9-19(22)23-10-17(12)16(4-2)20(24)14-7-13-8-15(21)5-6-18(13)25-11-14/h4-6,8-10,14H,3,7,11H2,1-2H3/b16-4+. The van der Waals surface area contributed by atoms with Crippen molar-refractivity contribution in [1.82, 2.24) is 4.98 Å². The lowest BCUT2D eigenvalue weighted by Gasteiger charge is -2.25. The molecule has 3 rings (SSSR count). The van der Waals surface area contributed by atoms with Gasteiger partial charge in [-0.15, -0.1) is 0 Å². The molecule has 0 spiro atoms. The number of carbonyl (C=O) groups is 1. The summed E-state index contributed by atoms with van der Waals surface area (Å²) in [5.41, 5.74) is 3.50. The second-order valence-corrected chi connectivity index (χ2v) is 6.87. The van der Waals surface area contributed by atoms with Gasteiger partial charge in [0.05, 0.1) is 12.5 Å². The van der Waals surface area contributed by atoms with Crippen LogP contribution in [0.25, 0.3) is 5.57 Å². The van der Waals surface area contributed by atoms with Crippen molar-refractivity contribution in [2.24, 2.45) is 5.92 Å². The maximum atomic E-state index is 13.1. The van der Waals surface area contributed by atoms with E-state index in [1.165, 1.54) is 0 Å². The molecule has 1 unspecified atom stereocenters. The highest BCUT2D eigenvalue weighted by Crippen LogP contribution is 2.33. The second-order valence-electron chi connectivity index (χ2n) is 6.05. The Bertz CT molecular complexity index is 846. The largest absolute Gasteiger partial charge is 0.493 e. The van der Waals surface area contributed by atoms with Crippen molar-refractivity contribution in [2.45, 2.75) is 26.7 Å². The molecule has 0 N–H and O–H groups in total. The van der Waals surface area contributed by atoms with Crippen molar-refractivity contribution >= 4 is 34.6 Å². The van der Waals surface area contributed by atoms with Gasteiger partial charge in [0.2, 0.25) is 0 Å². The first-order chi connectivity index (χ1) is 12.0. The number of pyridine rings is 1. The molecule has 1 aliphatic heterocycles. The Labute approximate surface area is 157 Å². The highest BCUT2D eigenvalue weighted by Gasteiger charge is 2.29. The molecule has 0 saturated heterocycles. The second kappa shape index (κ2) is 7.59. The smallest absolute Gasteiger partial charge is 0.170 e. The van der Waals surface area contributed by atoms with Gasteiger partial charge in [-0.25, -0.2) is 4.98 Å². The zero-order valence-electron chi connectivity index (χ0n) is 14.2. The highest BCUT2D eigenvalue weighted by molar-refractivity contribution is 6.30. The number of benzene rings is 1. The quantitative estimate of drug-likeness (QED) is 0.546. The summed E-state index contributed by atoms with van der Waals surface area (Å²) in [4.78, 5) is 17.3. The van der Waals surface area contributed by atoms with Gasteiger partial charge >= 0.3 is 0 Å². The minimum atomic E-state index is -0.238. The van der Waals surface area contributed by atoms with Gasteiger partial charge in [0.25, 0.3) is 0 Å². The first-order valence-electron chi connectivity index (χ1n) is 8.30. The van der Waals surface area contributed by atoms with Gasteiger partial charge < -0.3 is 4.74 Å². The Morgan fingerprint density at radius 2 is 2.16 bits per heavy atom. The van der Waals surface area contributed by atoms with E-state index in [4.69, 9.17) is 27.9 Å². The fourth-order valence-corrected chi connectivity index (χ4v) is 3.56. The highest BCUT2D eigenvalue weighted by atomic mass is 35.5. The first-order valence-corrected chi connectivity index (χ1v) is 9.05. The summed E-state index contributed by atoms with van der Waals surface area (Å²) in [5, 5.41) is 1.09. The summed E-state index contributed by atoms with van der Waals surface area (Å²) in [6.45, 7) is 4.28. The number of aryl methyl sites for hydroxylation is 1. The first kappa shape index (κ1) is 18.0. The number of nitrogens with zero attached hydrogens (tertiary/aromatic N) is 1. The maximum absolute atomic E-state index is 13.1. The van der Waals surface area contributed by atoms with Crippen molar-refractivity contribution in [3.63, 3.8) is 0 Å². The van der Waals surface area contributed by atoms with Crippen LogP contribution in [0, 0.1) is 5.92 Å². The zero-order chi connectivity index (χ0) is 18.0. The minimum Gasteiger partial charge on any atom is -0.493 e. The molecule has 1 aromatic heterocycles. The number of carbonyl (C=O) groups excluding carboxylic acids is 1. The summed E-state index contributed by atoms with van der Waals surface area (Å²) in [5.74, 6) is 0.627. The Hall–Kier alpha value is -1.84. The van der Waals surface area contributed by atoms with E-state index in [-0.39, 0.29) is 11.7 Å². The molecule has 130 valence electrons. The van der Waals surface area contributed by atoms with E-state index in [0.29, 0.717) is 28.8 Å². The van der Waals surface area contributed by atoms with Gasteiger partial charge in [-0.1, -0.05) is 36.2 Å². The molecule has 0 fully saturated rings. The third kappa shape index (κ3) is 3.73. The van der Waals surface area contributed by atoms with Crippen LogP contribution in [-0.4, -0.2) is 17.4 Å². The third-order valence-corrected chi connectivity index (χ3v) is 4.92. The van der Waals surface area contributed by atoms with E-state index in [1.807, 2.05) is 38.1 Å². The van der Waals surface area contributed by atoms with Crippen LogP contribution in [-0.2, 0) is 17.6 Å². The number of hydrogen-bond donors (Lipinski definition) is 0. The van der Waals surface area contributed by atoms with Crippen LogP contribution in [0.15, 0.2) is 36.5 Å². The number of halogens is 2. The molecule has 3 nitrogen and oxygen atoms in total. The van der Waals surface area contributed by atoms with Crippen LogP contribution < -0.4 is 4.74 Å². The van der Waals surface area contributed by atoms with Crippen molar-refractivity contribution in [1.29, 1.82) is 0 Å². The van der Waals surface area contributed by atoms with E-state index in [0.717, 1.165) is 28.9 Å². The maximum Gasteiger partial charge on any atom is 0.170 e. The van der Waals surface area contributed by atoms with Crippen molar-refractivity contribution in [2.75, 3.05) is 6.61 Å². The van der Waals surface area contributed by atoms with Crippen LogP contribution in [0.1, 0.15) is 30.5 Å². The summed E-state index contributed by atoms with van der Waals surface area (Å²) < 4.78 is 5.77. The molecule has 0 aliphatic carbocycles. The van der Waals surface area contributed by atoms with Gasteiger partial charge in [0.15, 0.2) is 5.78 Å². The van der Waals surface area contributed by atoms with E-state index < -0.39 is 0 Å². The number of allylic oxidation sites excluding steroid dienone is 2.